The minimum atomic E-state index is -0.302. The summed E-state index contributed by atoms with van der Waals surface area (Å²) in [6.07, 6.45) is 0. The third-order valence-corrected chi connectivity index (χ3v) is 3.18. The van der Waals surface area contributed by atoms with E-state index in [1.165, 1.54) is 0 Å². The van der Waals surface area contributed by atoms with Crippen LogP contribution in [0.15, 0.2) is 24.3 Å². The average Bonchev–Trinajstić information content (AvgIpc) is 2.70. The van der Waals surface area contributed by atoms with E-state index >= 15 is 0 Å². The van der Waals surface area contributed by atoms with Crippen LogP contribution in [0.4, 0.5) is 5.69 Å². The van der Waals surface area contributed by atoms with Crippen molar-refractivity contribution in [2.75, 3.05) is 5.73 Å². The van der Waals surface area contributed by atoms with E-state index in [0.29, 0.717) is 16.4 Å². The van der Waals surface area contributed by atoms with Crippen LogP contribution < -0.4 is 11.1 Å². The number of aromatic amines is 1. The number of H-pyrrole nitrogens is 1. The van der Waals surface area contributed by atoms with Crippen LogP contribution in [-0.4, -0.2) is 16.1 Å². The Morgan fingerprint density at radius 1 is 1.42 bits per heavy atom. The lowest BCUT2D eigenvalue weighted by Gasteiger charge is -2.13. The fourth-order valence-electron chi connectivity index (χ4n) is 1.71. The van der Waals surface area contributed by atoms with Crippen molar-refractivity contribution in [3.63, 3.8) is 0 Å². The molecule has 100 valence electrons. The van der Waals surface area contributed by atoms with Gasteiger partial charge in [0.25, 0.3) is 5.91 Å². The first-order chi connectivity index (χ1) is 8.99. The standard InChI is InChI=1S/C13H15ClN4O/c1-7(9-3-5-10(14)6-4-9)16-13(19)12-11(15)8(2)17-18-12/h3-7H,15H2,1-2H3,(H,16,19)(H,17,18). The molecule has 4 N–H and O–H groups in total. The second kappa shape index (κ2) is 5.32. The van der Waals surface area contributed by atoms with E-state index in [1.807, 2.05) is 19.1 Å². The Labute approximate surface area is 116 Å². The van der Waals surface area contributed by atoms with Gasteiger partial charge in [-0.05, 0) is 31.5 Å². The quantitative estimate of drug-likeness (QED) is 0.806. The summed E-state index contributed by atoms with van der Waals surface area (Å²) in [6.45, 7) is 3.65. The average molecular weight is 279 g/mol. The van der Waals surface area contributed by atoms with Gasteiger partial charge in [0, 0.05) is 5.02 Å². The van der Waals surface area contributed by atoms with E-state index in [1.54, 1.807) is 19.1 Å². The second-order valence-electron chi connectivity index (χ2n) is 4.36. The van der Waals surface area contributed by atoms with Gasteiger partial charge >= 0.3 is 0 Å². The number of aromatic nitrogens is 2. The van der Waals surface area contributed by atoms with Crippen molar-refractivity contribution in [3.05, 3.63) is 46.2 Å². The van der Waals surface area contributed by atoms with Crippen molar-refractivity contribution in [2.24, 2.45) is 0 Å². The lowest BCUT2D eigenvalue weighted by Crippen LogP contribution is -2.27. The normalized spacial score (nSPS) is 12.2. The van der Waals surface area contributed by atoms with E-state index in [4.69, 9.17) is 17.3 Å². The number of anilines is 1. The summed E-state index contributed by atoms with van der Waals surface area (Å²) in [5.74, 6) is -0.302. The molecule has 0 aliphatic heterocycles. The fraction of sp³-hybridized carbons (Fsp3) is 0.231. The van der Waals surface area contributed by atoms with Gasteiger partial charge in [-0.2, -0.15) is 5.10 Å². The highest BCUT2D eigenvalue weighted by molar-refractivity contribution is 6.30. The maximum atomic E-state index is 12.0. The largest absolute Gasteiger partial charge is 0.395 e. The molecule has 0 spiro atoms. The number of hydrogen-bond donors (Lipinski definition) is 3. The molecule has 0 radical (unpaired) electrons. The molecule has 2 aromatic rings. The zero-order valence-corrected chi connectivity index (χ0v) is 11.5. The van der Waals surface area contributed by atoms with Gasteiger partial charge in [-0.3, -0.25) is 9.89 Å². The van der Waals surface area contributed by atoms with Gasteiger partial charge in [0.2, 0.25) is 0 Å². The first-order valence-corrected chi connectivity index (χ1v) is 6.23. The van der Waals surface area contributed by atoms with Crippen LogP contribution in [0, 0.1) is 6.92 Å². The van der Waals surface area contributed by atoms with Crippen LogP contribution in [0.2, 0.25) is 5.02 Å². The van der Waals surface area contributed by atoms with Crippen LogP contribution >= 0.6 is 11.6 Å². The maximum absolute atomic E-state index is 12.0. The lowest BCUT2D eigenvalue weighted by atomic mass is 10.1. The number of nitrogens with two attached hydrogens (primary N) is 1. The molecule has 0 aliphatic rings. The molecule has 1 aromatic heterocycles. The number of amides is 1. The molecule has 0 aliphatic carbocycles. The number of carbonyl (C=O) groups excluding carboxylic acids is 1. The van der Waals surface area contributed by atoms with Gasteiger partial charge in [0.1, 0.15) is 0 Å². The summed E-state index contributed by atoms with van der Waals surface area (Å²) in [4.78, 5) is 12.0. The predicted octanol–water partition coefficient (Wildman–Crippen LogP) is 2.44. The summed E-state index contributed by atoms with van der Waals surface area (Å²) >= 11 is 5.82. The number of carbonyl (C=O) groups is 1. The summed E-state index contributed by atoms with van der Waals surface area (Å²) in [5, 5.41) is 10.1. The zero-order valence-electron chi connectivity index (χ0n) is 10.7. The van der Waals surface area contributed by atoms with Crippen molar-refractivity contribution in [3.8, 4) is 0 Å². The molecule has 0 fully saturated rings. The molecule has 1 heterocycles. The van der Waals surface area contributed by atoms with E-state index in [-0.39, 0.29) is 17.6 Å². The van der Waals surface area contributed by atoms with Crippen molar-refractivity contribution >= 4 is 23.2 Å². The molecular formula is C13H15ClN4O. The van der Waals surface area contributed by atoms with E-state index in [9.17, 15) is 4.79 Å². The number of hydrogen-bond acceptors (Lipinski definition) is 3. The molecule has 1 unspecified atom stereocenters. The number of nitrogens with zero attached hydrogens (tertiary/aromatic N) is 1. The fourth-order valence-corrected chi connectivity index (χ4v) is 1.84. The number of aryl methyl sites for hydroxylation is 1. The highest BCUT2D eigenvalue weighted by Gasteiger charge is 2.17. The SMILES string of the molecule is Cc1[nH]nc(C(=O)NC(C)c2ccc(Cl)cc2)c1N. The first kappa shape index (κ1) is 13.4. The molecule has 19 heavy (non-hydrogen) atoms. The molecule has 1 amide bonds. The smallest absolute Gasteiger partial charge is 0.274 e. The summed E-state index contributed by atoms with van der Waals surface area (Å²) in [7, 11) is 0. The van der Waals surface area contributed by atoms with Gasteiger partial charge in [-0.25, -0.2) is 0 Å². The number of benzene rings is 1. The van der Waals surface area contributed by atoms with Crippen LogP contribution in [0.5, 0.6) is 0 Å². The Morgan fingerprint density at radius 2 is 2.05 bits per heavy atom. The molecule has 1 aromatic carbocycles. The third-order valence-electron chi connectivity index (χ3n) is 2.93. The third kappa shape index (κ3) is 2.88. The van der Waals surface area contributed by atoms with Gasteiger partial charge in [0.05, 0.1) is 17.4 Å². The number of halogens is 1. The summed E-state index contributed by atoms with van der Waals surface area (Å²) in [5.41, 5.74) is 8.01. The highest BCUT2D eigenvalue weighted by Crippen LogP contribution is 2.18. The van der Waals surface area contributed by atoms with Crippen LogP contribution in [0.1, 0.15) is 34.7 Å². The monoisotopic (exact) mass is 278 g/mol. The Morgan fingerprint density at radius 3 is 2.58 bits per heavy atom. The minimum absolute atomic E-state index is 0.152. The van der Waals surface area contributed by atoms with Crippen LogP contribution in [0.25, 0.3) is 0 Å². The molecular weight excluding hydrogens is 264 g/mol. The van der Waals surface area contributed by atoms with Crippen molar-refractivity contribution in [1.29, 1.82) is 0 Å². The predicted molar refractivity (Wildman–Crippen MR) is 75.1 cm³/mol. The summed E-state index contributed by atoms with van der Waals surface area (Å²) < 4.78 is 0. The molecule has 0 saturated carbocycles. The van der Waals surface area contributed by atoms with E-state index in [0.717, 1.165) is 5.56 Å². The molecule has 0 saturated heterocycles. The number of nitrogens with one attached hydrogen (secondary N) is 2. The highest BCUT2D eigenvalue weighted by atomic mass is 35.5. The Bertz CT molecular complexity index is 591. The topological polar surface area (TPSA) is 83.8 Å². The molecule has 1 atom stereocenters. The van der Waals surface area contributed by atoms with E-state index in [2.05, 4.69) is 15.5 Å². The van der Waals surface area contributed by atoms with Crippen molar-refractivity contribution < 1.29 is 4.79 Å². The molecule has 5 nitrogen and oxygen atoms in total. The zero-order chi connectivity index (χ0) is 14.0. The van der Waals surface area contributed by atoms with Crippen molar-refractivity contribution in [2.45, 2.75) is 19.9 Å². The second-order valence-corrected chi connectivity index (χ2v) is 4.79. The Hall–Kier alpha value is -2.01. The molecule has 0 bridgehead atoms. The van der Waals surface area contributed by atoms with Gasteiger partial charge < -0.3 is 11.1 Å². The lowest BCUT2D eigenvalue weighted by molar-refractivity contribution is 0.0935. The number of nitrogen functional groups attached to an aromatic ring is 1. The van der Waals surface area contributed by atoms with Crippen LogP contribution in [0.3, 0.4) is 0 Å². The Kier molecular flexibility index (Phi) is 3.76. The van der Waals surface area contributed by atoms with Crippen LogP contribution in [-0.2, 0) is 0 Å². The van der Waals surface area contributed by atoms with E-state index < -0.39 is 0 Å². The minimum Gasteiger partial charge on any atom is -0.395 e. The van der Waals surface area contributed by atoms with Gasteiger partial charge in [-0.1, -0.05) is 23.7 Å². The molecule has 2 rings (SSSR count). The van der Waals surface area contributed by atoms with Gasteiger partial charge in [-0.15, -0.1) is 0 Å². The summed E-state index contributed by atoms with van der Waals surface area (Å²) in [6, 6.07) is 7.15. The Balaban J connectivity index is 2.10. The van der Waals surface area contributed by atoms with Crippen molar-refractivity contribution in [1.82, 2.24) is 15.5 Å². The molecule has 6 heteroatoms. The van der Waals surface area contributed by atoms with Gasteiger partial charge in [0.15, 0.2) is 5.69 Å². The number of rotatable bonds is 3. The maximum Gasteiger partial charge on any atom is 0.274 e. The first-order valence-electron chi connectivity index (χ1n) is 5.86.